The Morgan fingerprint density at radius 2 is 1.71 bits per heavy atom. The monoisotopic (exact) mass is 272 g/mol. The van der Waals surface area contributed by atoms with Crippen LogP contribution in [0.15, 0.2) is 67.0 Å². The summed E-state index contributed by atoms with van der Waals surface area (Å²) < 4.78 is 1.76. The highest BCUT2D eigenvalue weighted by molar-refractivity contribution is 5.81. The molecule has 1 N–H and O–H groups in total. The minimum absolute atomic E-state index is 0.404. The normalized spacial score (nSPS) is 11.0. The van der Waals surface area contributed by atoms with Crippen molar-refractivity contribution in [1.29, 1.82) is 5.41 Å². The SMILES string of the molecule is N=c1c2cc(-c3ccccc3)cnc2nc2ccccn12. The van der Waals surface area contributed by atoms with E-state index < -0.39 is 0 Å². The summed E-state index contributed by atoms with van der Waals surface area (Å²) in [6, 6.07) is 17.7. The second-order valence-electron chi connectivity index (χ2n) is 4.85. The van der Waals surface area contributed by atoms with Gasteiger partial charge in [0.25, 0.3) is 0 Å². The molecule has 0 bridgehead atoms. The fourth-order valence-electron chi connectivity index (χ4n) is 2.46. The van der Waals surface area contributed by atoms with Gasteiger partial charge in [-0.2, -0.15) is 0 Å². The summed E-state index contributed by atoms with van der Waals surface area (Å²) >= 11 is 0. The number of nitrogens with zero attached hydrogens (tertiary/aromatic N) is 3. The standard InChI is InChI=1S/C17H12N4/c18-16-14-10-13(12-6-2-1-3-7-12)11-19-17(14)20-15-8-4-5-9-21(15)16/h1-11,18H. The van der Waals surface area contributed by atoms with Crippen LogP contribution in [0.2, 0.25) is 0 Å². The van der Waals surface area contributed by atoms with Gasteiger partial charge in [0.2, 0.25) is 0 Å². The van der Waals surface area contributed by atoms with Gasteiger partial charge in [-0.1, -0.05) is 36.4 Å². The largest absolute Gasteiger partial charge is 0.286 e. The number of benzene rings is 1. The maximum Gasteiger partial charge on any atom is 0.165 e. The van der Waals surface area contributed by atoms with E-state index in [1.54, 1.807) is 4.40 Å². The zero-order valence-corrected chi connectivity index (χ0v) is 11.2. The molecule has 100 valence electrons. The van der Waals surface area contributed by atoms with E-state index in [1.807, 2.05) is 67.0 Å². The molecule has 0 aliphatic rings. The Hall–Kier alpha value is -3.01. The molecule has 0 aliphatic carbocycles. The maximum absolute atomic E-state index is 8.37. The van der Waals surface area contributed by atoms with Crippen molar-refractivity contribution in [3.8, 4) is 11.1 Å². The summed E-state index contributed by atoms with van der Waals surface area (Å²) in [4.78, 5) is 8.93. The van der Waals surface area contributed by atoms with Crippen molar-refractivity contribution in [3.63, 3.8) is 0 Å². The summed E-state index contributed by atoms with van der Waals surface area (Å²) in [7, 11) is 0. The third-order valence-corrected chi connectivity index (χ3v) is 3.53. The topological polar surface area (TPSA) is 54.0 Å². The van der Waals surface area contributed by atoms with Crippen molar-refractivity contribution in [3.05, 3.63) is 72.5 Å². The van der Waals surface area contributed by atoms with Crippen LogP contribution in [-0.4, -0.2) is 14.4 Å². The van der Waals surface area contributed by atoms with Gasteiger partial charge in [0.1, 0.15) is 11.1 Å². The number of hydrogen-bond acceptors (Lipinski definition) is 3. The fourth-order valence-corrected chi connectivity index (χ4v) is 2.46. The number of nitrogens with one attached hydrogen (secondary N) is 1. The van der Waals surface area contributed by atoms with Crippen LogP contribution >= 0.6 is 0 Å². The third kappa shape index (κ3) is 1.89. The van der Waals surface area contributed by atoms with Gasteiger partial charge in [0.05, 0.1) is 5.39 Å². The first-order valence-electron chi connectivity index (χ1n) is 6.70. The molecule has 0 saturated heterocycles. The van der Waals surface area contributed by atoms with Gasteiger partial charge in [-0.15, -0.1) is 0 Å². The average Bonchev–Trinajstić information content (AvgIpc) is 2.56. The minimum Gasteiger partial charge on any atom is -0.286 e. The van der Waals surface area contributed by atoms with Crippen LogP contribution in [-0.2, 0) is 0 Å². The second kappa shape index (κ2) is 4.52. The molecular formula is C17H12N4. The van der Waals surface area contributed by atoms with Crippen molar-refractivity contribution in [2.24, 2.45) is 0 Å². The zero-order chi connectivity index (χ0) is 14.2. The van der Waals surface area contributed by atoms with Crippen molar-refractivity contribution in [1.82, 2.24) is 14.4 Å². The minimum atomic E-state index is 0.404. The number of aromatic nitrogens is 3. The highest BCUT2D eigenvalue weighted by Gasteiger charge is 2.06. The number of pyridine rings is 2. The number of hydrogen-bond donors (Lipinski definition) is 1. The molecule has 0 amide bonds. The van der Waals surface area contributed by atoms with Crippen LogP contribution in [0.1, 0.15) is 0 Å². The third-order valence-electron chi connectivity index (χ3n) is 3.53. The Labute approximate surface area is 120 Å². The van der Waals surface area contributed by atoms with E-state index in [1.165, 1.54) is 0 Å². The van der Waals surface area contributed by atoms with Gasteiger partial charge in [-0.3, -0.25) is 9.81 Å². The molecule has 0 radical (unpaired) electrons. The lowest BCUT2D eigenvalue weighted by Crippen LogP contribution is -2.15. The molecular weight excluding hydrogens is 260 g/mol. The quantitative estimate of drug-likeness (QED) is 0.541. The molecule has 0 spiro atoms. The van der Waals surface area contributed by atoms with Crippen LogP contribution in [0.5, 0.6) is 0 Å². The van der Waals surface area contributed by atoms with E-state index >= 15 is 0 Å². The predicted molar refractivity (Wildman–Crippen MR) is 81.8 cm³/mol. The molecule has 0 aliphatic heterocycles. The van der Waals surface area contributed by atoms with E-state index in [0.29, 0.717) is 11.1 Å². The van der Waals surface area contributed by atoms with Crippen molar-refractivity contribution >= 4 is 16.7 Å². The lowest BCUT2D eigenvalue weighted by Gasteiger charge is -2.06. The summed E-state index contributed by atoms with van der Waals surface area (Å²) in [6.45, 7) is 0. The summed E-state index contributed by atoms with van der Waals surface area (Å²) in [5, 5.41) is 9.12. The number of rotatable bonds is 1. The van der Waals surface area contributed by atoms with Gasteiger partial charge in [-0.05, 0) is 23.8 Å². The molecule has 1 aromatic carbocycles. The predicted octanol–water partition coefficient (Wildman–Crippen LogP) is 3.03. The first-order valence-corrected chi connectivity index (χ1v) is 6.70. The lowest BCUT2D eigenvalue weighted by molar-refractivity contribution is 0.996. The Balaban J connectivity index is 2.06. The van der Waals surface area contributed by atoms with Crippen molar-refractivity contribution < 1.29 is 0 Å². The van der Waals surface area contributed by atoms with Crippen LogP contribution in [0.4, 0.5) is 0 Å². The Kier molecular flexibility index (Phi) is 2.54. The molecule has 0 fully saturated rings. The van der Waals surface area contributed by atoms with E-state index in [-0.39, 0.29) is 0 Å². The maximum atomic E-state index is 8.37. The molecule has 0 saturated carbocycles. The van der Waals surface area contributed by atoms with Gasteiger partial charge in [0, 0.05) is 18.0 Å². The molecule has 4 rings (SSSR count). The van der Waals surface area contributed by atoms with E-state index in [2.05, 4.69) is 9.97 Å². The highest BCUT2D eigenvalue weighted by atomic mass is 15.0. The summed E-state index contributed by atoms with van der Waals surface area (Å²) in [6.07, 6.45) is 3.66. The van der Waals surface area contributed by atoms with Gasteiger partial charge in [0.15, 0.2) is 5.65 Å². The van der Waals surface area contributed by atoms with Gasteiger partial charge in [-0.25, -0.2) is 9.97 Å². The molecule has 0 atom stereocenters. The van der Waals surface area contributed by atoms with Gasteiger partial charge < -0.3 is 0 Å². The Bertz CT molecular complexity index is 1000. The second-order valence-corrected chi connectivity index (χ2v) is 4.85. The smallest absolute Gasteiger partial charge is 0.165 e. The van der Waals surface area contributed by atoms with E-state index in [9.17, 15) is 0 Å². The first kappa shape index (κ1) is 11.8. The fraction of sp³-hybridized carbons (Fsp3) is 0. The molecule has 4 heteroatoms. The first-order chi connectivity index (χ1) is 10.3. The van der Waals surface area contributed by atoms with Gasteiger partial charge >= 0.3 is 0 Å². The zero-order valence-electron chi connectivity index (χ0n) is 11.2. The molecule has 4 nitrogen and oxygen atoms in total. The average molecular weight is 272 g/mol. The molecule has 0 unspecified atom stereocenters. The Morgan fingerprint density at radius 3 is 2.57 bits per heavy atom. The van der Waals surface area contributed by atoms with Crippen molar-refractivity contribution in [2.45, 2.75) is 0 Å². The van der Waals surface area contributed by atoms with Crippen molar-refractivity contribution in [2.75, 3.05) is 0 Å². The van der Waals surface area contributed by atoms with Crippen LogP contribution in [0, 0.1) is 5.41 Å². The van der Waals surface area contributed by atoms with Crippen LogP contribution in [0.3, 0.4) is 0 Å². The molecule has 4 aromatic rings. The molecule has 3 heterocycles. The molecule has 3 aromatic heterocycles. The van der Waals surface area contributed by atoms with E-state index in [0.717, 1.165) is 22.2 Å². The summed E-state index contributed by atoms with van der Waals surface area (Å²) in [5.74, 6) is 0. The Morgan fingerprint density at radius 1 is 0.905 bits per heavy atom. The lowest BCUT2D eigenvalue weighted by atomic mass is 10.1. The number of fused-ring (bicyclic) bond motifs is 2. The molecule has 21 heavy (non-hydrogen) atoms. The highest BCUT2D eigenvalue weighted by Crippen LogP contribution is 2.20. The van der Waals surface area contributed by atoms with E-state index in [4.69, 9.17) is 5.41 Å². The summed E-state index contributed by atoms with van der Waals surface area (Å²) in [5.41, 5.74) is 3.82. The van der Waals surface area contributed by atoms with Crippen LogP contribution < -0.4 is 5.49 Å². The van der Waals surface area contributed by atoms with Crippen LogP contribution in [0.25, 0.3) is 27.8 Å².